The molecule has 0 aliphatic carbocycles. The first kappa shape index (κ1) is 15.4. The van der Waals surface area contributed by atoms with Gasteiger partial charge in [0.1, 0.15) is 0 Å². The lowest BCUT2D eigenvalue weighted by Gasteiger charge is -2.24. The van der Waals surface area contributed by atoms with Crippen LogP contribution in [-0.4, -0.2) is 37.0 Å². The number of anilines is 2. The second-order valence-corrected chi connectivity index (χ2v) is 6.09. The summed E-state index contributed by atoms with van der Waals surface area (Å²) < 4.78 is 0. The first-order chi connectivity index (χ1) is 11.1. The standard InChI is InChI=1S/C19H23N3O/c1-15-4-2-5-16(14-15)19(23)22-11-3-10-21(12-13-22)18-8-6-17(20)7-9-18/h2,4-9,14H,3,10-13,20H2,1H3. The van der Waals surface area contributed by atoms with Crippen LogP contribution in [0, 0.1) is 6.92 Å². The largest absolute Gasteiger partial charge is 0.399 e. The number of carbonyl (C=O) groups excluding carboxylic acids is 1. The quantitative estimate of drug-likeness (QED) is 0.868. The maximum atomic E-state index is 12.7. The van der Waals surface area contributed by atoms with E-state index in [0.29, 0.717) is 0 Å². The van der Waals surface area contributed by atoms with Crippen LogP contribution >= 0.6 is 0 Å². The predicted octanol–water partition coefficient (Wildman–Crippen LogP) is 2.93. The summed E-state index contributed by atoms with van der Waals surface area (Å²) in [5, 5.41) is 0. The molecule has 0 saturated carbocycles. The summed E-state index contributed by atoms with van der Waals surface area (Å²) in [6.07, 6.45) is 0.974. The molecule has 3 rings (SSSR count). The van der Waals surface area contributed by atoms with Crippen LogP contribution in [0.15, 0.2) is 48.5 Å². The Morgan fingerprint density at radius 2 is 1.78 bits per heavy atom. The van der Waals surface area contributed by atoms with Crippen LogP contribution in [0.4, 0.5) is 11.4 Å². The van der Waals surface area contributed by atoms with Gasteiger partial charge in [0.05, 0.1) is 0 Å². The van der Waals surface area contributed by atoms with E-state index < -0.39 is 0 Å². The van der Waals surface area contributed by atoms with E-state index in [0.717, 1.165) is 49.4 Å². The number of benzene rings is 2. The van der Waals surface area contributed by atoms with Crippen LogP contribution < -0.4 is 10.6 Å². The molecule has 1 aliphatic heterocycles. The molecule has 2 N–H and O–H groups in total. The lowest BCUT2D eigenvalue weighted by molar-refractivity contribution is 0.0767. The molecule has 0 radical (unpaired) electrons. The number of rotatable bonds is 2. The van der Waals surface area contributed by atoms with Crippen molar-refractivity contribution in [3.8, 4) is 0 Å². The third-order valence-electron chi connectivity index (χ3n) is 4.31. The summed E-state index contributed by atoms with van der Waals surface area (Å²) in [5.41, 5.74) is 9.60. The van der Waals surface area contributed by atoms with Gasteiger partial charge in [-0.3, -0.25) is 4.79 Å². The number of hydrogen-bond donors (Lipinski definition) is 1. The Morgan fingerprint density at radius 3 is 2.52 bits per heavy atom. The molecule has 0 bridgehead atoms. The zero-order valence-electron chi connectivity index (χ0n) is 13.5. The number of nitrogens with zero attached hydrogens (tertiary/aromatic N) is 2. The zero-order chi connectivity index (χ0) is 16.2. The Labute approximate surface area is 137 Å². The first-order valence-corrected chi connectivity index (χ1v) is 8.10. The van der Waals surface area contributed by atoms with Gasteiger partial charge in [-0.15, -0.1) is 0 Å². The average molecular weight is 309 g/mol. The zero-order valence-corrected chi connectivity index (χ0v) is 13.5. The van der Waals surface area contributed by atoms with Gasteiger partial charge in [0.15, 0.2) is 0 Å². The van der Waals surface area contributed by atoms with Crippen molar-refractivity contribution in [2.24, 2.45) is 0 Å². The minimum Gasteiger partial charge on any atom is -0.399 e. The molecule has 0 aromatic heterocycles. The summed E-state index contributed by atoms with van der Waals surface area (Å²) in [6, 6.07) is 15.8. The monoisotopic (exact) mass is 309 g/mol. The smallest absolute Gasteiger partial charge is 0.253 e. The second-order valence-electron chi connectivity index (χ2n) is 6.09. The summed E-state index contributed by atoms with van der Waals surface area (Å²) in [6.45, 7) is 5.38. The average Bonchev–Trinajstić information content (AvgIpc) is 2.81. The van der Waals surface area contributed by atoms with Crippen molar-refractivity contribution in [3.63, 3.8) is 0 Å². The van der Waals surface area contributed by atoms with Crippen molar-refractivity contribution in [1.82, 2.24) is 4.90 Å². The number of carbonyl (C=O) groups is 1. The highest BCUT2D eigenvalue weighted by molar-refractivity contribution is 5.94. The second kappa shape index (κ2) is 6.73. The van der Waals surface area contributed by atoms with Gasteiger partial charge in [-0.1, -0.05) is 17.7 Å². The SMILES string of the molecule is Cc1cccc(C(=O)N2CCCN(c3ccc(N)cc3)CC2)c1. The molecule has 120 valence electrons. The van der Waals surface area contributed by atoms with Gasteiger partial charge >= 0.3 is 0 Å². The Balaban J connectivity index is 1.68. The molecular formula is C19H23N3O. The number of nitrogen functional groups attached to an aromatic ring is 1. The van der Waals surface area contributed by atoms with Crippen molar-refractivity contribution in [2.45, 2.75) is 13.3 Å². The van der Waals surface area contributed by atoms with Gasteiger partial charge in [-0.2, -0.15) is 0 Å². The van der Waals surface area contributed by atoms with Crippen LogP contribution in [0.2, 0.25) is 0 Å². The molecule has 1 fully saturated rings. The molecule has 1 amide bonds. The maximum absolute atomic E-state index is 12.7. The third-order valence-corrected chi connectivity index (χ3v) is 4.31. The van der Waals surface area contributed by atoms with E-state index in [1.807, 2.05) is 60.4 Å². The molecule has 2 aromatic rings. The van der Waals surface area contributed by atoms with Gasteiger partial charge in [-0.05, 0) is 49.7 Å². The van der Waals surface area contributed by atoms with Crippen molar-refractivity contribution in [2.75, 3.05) is 36.8 Å². The van der Waals surface area contributed by atoms with E-state index >= 15 is 0 Å². The van der Waals surface area contributed by atoms with Gasteiger partial charge in [0.25, 0.3) is 5.91 Å². The van der Waals surface area contributed by atoms with Crippen molar-refractivity contribution in [1.29, 1.82) is 0 Å². The predicted molar refractivity (Wildman–Crippen MR) is 94.8 cm³/mol. The van der Waals surface area contributed by atoms with Crippen LogP contribution in [0.3, 0.4) is 0 Å². The fraction of sp³-hybridized carbons (Fsp3) is 0.316. The Bertz CT molecular complexity index is 681. The lowest BCUT2D eigenvalue weighted by Crippen LogP contribution is -2.35. The highest BCUT2D eigenvalue weighted by Crippen LogP contribution is 2.19. The number of amides is 1. The molecule has 0 spiro atoms. The van der Waals surface area contributed by atoms with Crippen LogP contribution in [0.5, 0.6) is 0 Å². The van der Waals surface area contributed by atoms with Gasteiger partial charge in [0, 0.05) is 43.1 Å². The number of hydrogen-bond acceptors (Lipinski definition) is 3. The van der Waals surface area contributed by atoms with E-state index in [4.69, 9.17) is 5.73 Å². The summed E-state index contributed by atoms with van der Waals surface area (Å²) in [4.78, 5) is 17.0. The highest BCUT2D eigenvalue weighted by atomic mass is 16.2. The van der Waals surface area contributed by atoms with Crippen LogP contribution in [-0.2, 0) is 0 Å². The molecule has 1 saturated heterocycles. The van der Waals surface area contributed by atoms with Crippen molar-refractivity contribution >= 4 is 17.3 Å². The Morgan fingerprint density at radius 1 is 1.00 bits per heavy atom. The molecule has 4 nitrogen and oxygen atoms in total. The maximum Gasteiger partial charge on any atom is 0.253 e. The molecule has 1 aliphatic rings. The topological polar surface area (TPSA) is 49.6 Å². The molecule has 1 heterocycles. The van der Waals surface area contributed by atoms with E-state index in [9.17, 15) is 4.79 Å². The Kier molecular flexibility index (Phi) is 4.51. The summed E-state index contributed by atoms with van der Waals surface area (Å²) in [7, 11) is 0. The van der Waals surface area contributed by atoms with Gasteiger partial charge in [0.2, 0.25) is 0 Å². The van der Waals surface area contributed by atoms with Gasteiger partial charge < -0.3 is 15.5 Å². The van der Waals surface area contributed by atoms with Crippen molar-refractivity contribution in [3.05, 3.63) is 59.7 Å². The number of nitrogens with two attached hydrogens (primary N) is 1. The number of aryl methyl sites for hydroxylation is 1. The molecule has 0 atom stereocenters. The third kappa shape index (κ3) is 3.65. The van der Waals surface area contributed by atoms with Crippen molar-refractivity contribution < 1.29 is 4.79 Å². The highest BCUT2D eigenvalue weighted by Gasteiger charge is 2.20. The van der Waals surface area contributed by atoms with E-state index in [1.165, 1.54) is 5.69 Å². The van der Waals surface area contributed by atoms with E-state index in [1.54, 1.807) is 0 Å². The van der Waals surface area contributed by atoms with Crippen LogP contribution in [0.1, 0.15) is 22.3 Å². The summed E-state index contributed by atoms with van der Waals surface area (Å²) in [5.74, 6) is 0.132. The minimum atomic E-state index is 0.132. The molecule has 2 aromatic carbocycles. The molecular weight excluding hydrogens is 286 g/mol. The normalized spacial score (nSPS) is 15.3. The van der Waals surface area contributed by atoms with Crippen LogP contribution in [0.25, 0.3) is 0 Å². The molecule has 0 unspecified atom stereocenters. The first-order valence-electron chi connectivity index (χ1n) is 8.10. The Hall–Kier alpha value is -2.49. The summed E-state index contributed by atoms with van der Waals surface area (Å²) >= 11 is 0. The minimum absolute atomic E-state index is 0.132. The van der Waals surface area contributed by atoms with E-state index in [2.05, 4.69) is 4.90 Å². The molecule has 4 heteroatoms. The fourth-order valence-corrected chi connectivity index (χ4v) is 3.02. The lowest BCUT2D eigenvalue weighted by atomic mass is 10.1. The fourth-order valence-electron chi connectivity index (χ4n) is 3.02. The molecule has 23 heavy (non-hydrogen) atoms. The van der Waals surface area contributed by atoms with Gasteiger partial charge in [-0.25, -0.2) is 0 Å². The van der Waals surface area contributed by atoms with E-state index in [-0.39, 0.29) is 5.91 Å².